The van der Waals surface area contributed by atoms with E-state index in [1.54, 1.807) is 38.1 Å². The summed E-state index contributed by atoms with van der Waals surface area (Å²) >= 11 is 0. The summed E-state index contributed by atoms with van der Waals surface area (Å²) < 4.78 is 28.0. The van der Waals surface area contributed by atoms with E-state index in [4.69, 9.17) is 15.1 Å². The Balaban J connectivity index is 1.68. The number of hydrogen-bond donors (Lipinski definition) is 1. The Labute approximate surface area is 204 Å². The predicted molar refractivity (Wildman–Crippen MR) is 134 cm³/mol. The fourth-order valence-electron chi connectivity index (χ4n) is 4.56. The summed E-state index contributed by atoms with van der Waals surface area (Å²) in [5, 5.41) is 8.81. The number of carboxylic acid groups (broad SMARTS) is 1. The molecule has 0 spiro atoms. The van der Waals surface area contributed by atoms with Crippen molar-refractivity contribution in [1.82, 2.24) is 9.97 Å². The maximum atomic E-state index is 14.0. The summed E-state index contributed by atoms with van der Waals surface area (Å²) in [5.74, 6) is -0.445. The minimum Gasteiger partial charge on any atom is -0.481 e. The number of halogens is 2. The molecule has 184 valence electrons. The lowest BCUT2D eigenvalue weighted by Gasteiger charge is -2.30. The van der Waals surface area contributed by atoms with Crippen LogP contribution < -0.4 is 4.90 Å². The fourth-order valence-corrected chi connectivity index (χ4v) is 4.56. The van der Waals surface area contributed by atoms with Gasteiger partial charge in [-0.05, 0) is 87.1 Å². The van der Waals surface area contributed by atoms with E-state index in [1.165, 1.54) is 12.1 Å². The van der Waals surface area contributed by atoms with Gasteiger partial charge in [-0.25, -0.2) is 18.7 Å². The van der Waals surface area contributed by atoms with Gasteiger partial charge in [0.25, 0.3) is 0 Å². The molecule has 0 radical (unpaired) electrons. The highest BCUT2D eigenvalue weighted by atomic mass is 19.1. The van der Waals surface area contributed by atoms with Crippen molar-refractivity contribution in [3.8, 4) is 22.5 Å². The zero-order chi connectivity index (χ0) is 24.9. The number of aliphatic carboxylic acids is 1. The van der Waals surface area contributed by atoms with Gasteiger partial charge in [0.1, 0.15) is 11.6 Å². The van der Waals surface area contributed by atoms with Crippen molar-refractivity contribution in [2.45, 2.75) is 58.8 Å². The van der Waals surface area contributed by atoms with Crippen LogP contribution in [0.4, 0.5) is 14.6 Å². The third-order valence-electron chi connectivity index (χ3n) is 6.52. The zero-order valence-electron chi connectivity index (χ0n) is 20.3. The third kappa shape index (κ3) is 5.84. The first-order valence-electron chi connectivity index (χ1n) is 12.2. The van der Waals surface area contributed by atoms with E-state index in [1.807, 2.05) is 0 Å². The second kappa shape index (κ2) is 10.9. The molecule has 5 nitrogen and oxygen atoms in total. The summed E-state index contributed by atoms with van der Waals surface area (Å²) in [4.78, 5) is 23.1. The molecule has 0 saturated heterocycles. The summed E-state index contributed by atoms with van der Waals surface area (Å²) in [6.45, 7) is 5.16. The monoisotopic (exact) mass is 479 g/mol. The Morgan fingerprint density at radius 3 is 2.11 bits per heavy atom. The number of aromatic nitrogens is 2. The number of carboxylic acids is 1. The van der Waals surface area contributed by atoms with Crippen LogP contribution in [0.1, 0.15) is 55.3 Å². The second-order valence-electron chi connectivity index (χ2n) is 9.27. The van der Waals surface area contributed by atoms with Crippen molar-refractivity contribution < 1.29 is 18.7 Å². The largest absolute Gasteiger partial charge is 0.481 e. The van der Waals surface area contributed by atoms with Crippen molar-refractivity contribution in [3.05, 3.63) is 64.9 Å². The van der Waals surface area contributed by atoms with Crippen LogP contribution in [0.25, 0.3) is 22.5 Å². The highest BCUT2D eigenvalue weighted by Gasteiger charge is 2.24. The Bertz CT molecular complexity index is 1230. The second-order valence-corrected chi connectivity index (χ2v) is 9.27. The van der Waals surface area contributed by atoms with E-state index in [-0.39, 0.29) is 18.1 Å². The van der Waals surface area contributed by atoms with Crippen LogP contribution >= 0.6 is 0 Å². The van der Waals surface area contributed by atoms with Crippen LogP contribution in [0.2, 0.25) is 0 Å². The van der Waals surface area contributed by atoms with Crippen LogP contribution in [0.3, 0.4) is 0 Å². The van der Waals surface area contributed by atoms with Gasteiger partial charge in [0.2, 0.25) is 0 Å². The molecule has 0 bridgehead atoms. The Morgan fingerprint density at radius 1 is 0.914 bits per heavy atom. The van der Waals surface area contributed by atoms with Crippen LogP contribution in [-0.2, 0) is 11.2 Å². The summed E-state index contributed by atoms with van der Waals surface area (Å²) in [7, 11) is 0. The van der Waals surface area contributed by atoms with Gasteiger partial charge in [-0.2, -0.15) is 0 Å². The minimum atomic E-state index is -0.749. The number of carbonyl (C=O) groups is 1. The third-order valence-corrected chi connectivity index (χ3v) is 6.52. The zero-order valence-corrected chi connectivity index (χ0v) is 20.3. The topological polar surface area (TPSA) is 66.3 Å². The molecule has 0 saturated carbocycles. The van der Waals surface area contributed by atoms with Gasteiger partial charge in [0.15, 0.2) is 5.82 Å². The Hall–Kier alpha value is -3.35. The molecule has 1 N–H and O–H groups in total. The lowest BCUT2D eigenvalue weighted by atomic mass is 9.99. The molecule has 0 amide bonds. The van der Waals surface area contributed by atoms with Gasteiger partial charge in [-0.1, -0.05) is 12.8 Å². The fraction of sp³-hybridized carbons (Fsp3) is 0.393. The maximum absolute atomic E-state index is 14.0. The van der Waals surface area contributed by atoms with Gasteiger partial charge in [-0.3, -0.25) is 4.79 Å². The highest BCUT2D eigenvalue weighted by Crippen LogP contribution is 2.35. The number of unbranched alkanes of at least 4 members (excludes halogenated alkanes) is 3. The van der Waals surface area contributed by atoms with Crippen molar-refractivity contribution in [2.24, 2.45) is 0 Å². The molecule has 2 aromatic carbocycles. The average molecular weight is 480 g/mol. The number of anilines is 1. The van der Waals surface area contributed by atoms with E-state index < -0.39 is 5.97 Å². The van der Waals surface area contributed by atoms with Crippen molar-refractivity contribution in [2.75, 3.05) is 18.0 Å². The molecule has 1 aromatic heterocycles. The highest BCUT2D eigenvalue weighted by molar-refractivity contribution is 5.80. The first-order valence-corrected chi connectivity index (χ1v) is 12.2. The van der Waals surface area contributed by atoms with E-state index >= 15 is 0 Å². The summed E-state index contributed by atoms with van der Waals surface area (Å²) in [5.41, 5.74) is 4.87. The smallest absolute Gasteiger partial charge is 0.303 e. The molecule has 1 aliphatic heterocycles. The predicted octanol–water partition coefficient (Wildman–Crippen LogP) is 6.49. The number of nitrogens with zero attached hydrogens (tertiary/aromatic N) is 3. The van der Waals surface area contributed by atoms with Crippen LogP contribution in [0, 0.1) is 25.5 Å². The van der Waals surface area contributed by atoms with E-state index in [0.717, 1.165) is 67.8 Å². The molecular formula is C28H31F2N3O2. The lowest BCUT2D eigenvalue weighted by Crippen LogP contribution is -2.32. The van der Waals surface area contributed by atoms with Crippen molar-refractivity contribution >= 4 is 11.8 Å². The van der Waals surface area contributed by atoms with Crippen LogP contribution in [0.5, 0.6) is 0 Å². The molecule has 3 aromatic rings. The van der Waals surface area contributed by atoms with Gasteiger partial charge in [-0.15, -0.1) is 0 Å². The molecule has 0 aliphatic carbocycles. The molecule has 0 atom stereocenters. The number of hydrogen-bond acceptors (Lipinski definition) is 4. The van der Waals surface area contributed by atoms with Crippen molar-refractivity contribution in [1.29, 1.82) is 0 Å². The Kier molecular flexibility index (Phi) is 7.73. The van der Waals surface area contributed by atoms with Gasteiger partial charge in [0, 0.05) is 30.6 Å². The normalized spacial score (nSPS) is 13.1. The summed E-state index contributed by atoms with van der Waals surface area (Å²) in [6, 6.07) is 9.89. The van der Waals surface area contributed by atoms with E-state index in [9.17, 15) is 13.6 Å². The van der Waals surface area contributed by atoms with Crippen LogP contribution in [-0.4, -0.2) is 34.1 Å². The van der Waals surface area contributed by atoms with Gasteiger partial charge < -0.3 is 10.0 Å². The molecule has 7 heteroatoms. The van der Waals surface area contributed by atoms with Crippen LogP contribution in [0.15, 0.2) is 36.4 Å². The van der Waals surface area contributed by atoms with Gasteiger partial charge in [0.05, 0.1) is 17.1 Å². The molecule has 4 rings (SSSR count). The SMILES string of the molecule is Cc1cc(-c2nc3c(nc2-c2ccc(F)c(C)c2)N(CCCCCCC(=O)O)CCC3)ccc1F. The first-order chi connectivity index (χ1) is 16.8. The lowest BCUT2D eigenvalue weighted by molar-refractivity contribution is -0.137. The molecule has 2 heterocycles. The quantitative estimate of drug-likeness (QED) is 0.355. The molecule has 0 unspecified atom stereocenters. The minimum absolute atomic E-state index is 0.212. The number of aryl methyl sites for hydroxylation is 3. The van der Waals surface area contributed by atoms with E-state index in [2.05, 4.69) is 4.90 Å². The average Bonchev–Trinajstić information content (AvgIpc) is 2.84. The molecule has 0 fully saturated rings. The molecule has 35 heavy (non-hydrogen) atoms. The summed E-state index contributed by atoms with van der Waals surface area (Å²) in [6.07, 6.45) is 5.49. The maximum Gasteiger partial charge on any atom is 0.303 e. The first kappa shape index (κ1) is 24.8. The number of benzene rings is 2. The Morgan fingerprint density at radius 2 is 1.51 bits per heavy atom. The molecule has 1 aliphatic rings. The van der Waals surface area contributed by atoms with Gasteiger partial charge >= 0.3 is 5.97 Å². The standard InChI is InChI=1S/C28H31F2N3O2/c1-18-16-20(10-12-22(18)29)26-27(21-11-13-23(30)19(2)17-21)32-28-24(31-26)8-7-15-33(28)14-6-4-3-5-9-25(34)35/h10-13,16-17H,3-9,14-15H2,1-2H3,(H,34,35). The molecular weight excluding hydrogens is 448 g/mol. The van der Waals surface area contributed by atoms with Crippen molar-refractivity contribution in [3.63, 3.8) is 0 Å². The number of fused-ring (bicyclic) bond motifs is 1. The van der Waals surface area contributed by atoms with E-state index in [0.29, 0.717) is 28.9 Å². The number of rotatable bonds is 9.